The molecule has 3 rings (SSSR count). The van der Waals surface area contributed by atoms with E-state index in [1.165, 1.54) is 11.9 Å². The fourth-order valence-electron chi connectivity index (χ4n) is 3.87. The van der Waals surface area contributed by atoms with Gasteiger partial charge in [0.25, 0.3) is 0 Å². The predicted octanol–water partition coefficient (Wildman–Crippen LogP) is 4.10. The van der Waals surface area contributed by atoms with Gasteiger partial charge in [-0.3, -0.25) is 4.79 Å². The SMILES string of the molecule is COc1cc(/C=C/C2=NN(C(C)=O)C(c3cc(OC)c(OC)c(OC)c3)C2)cc(OC)c1OC. The van der Waals surface area contributed by atoms with Crippen LogP contribution < -0.4 is 28.4 Å². The maximum Gasteiger partial charge on any atom is 0.240 e. The van der Waals surface area contributed by atoms with E-state index in [1.807, 2.05) is 36.4 Å². The summed E-state index contributed by atoms with van der Waals surface area (Å²) in [5, 5.41) is 6.01. The number of nitrogens with zero attached hydrogens (tertiary/aromatic N) is 2. The van der Waals surface area contributed by atoms with E-state index in [0.717, 1.165) is 16.8 Å². The monoisotopic (exact) mass is 470 g/mol. The molecule has 0 saturated heterocycles. The van der Waals surface area contributed by atoms with E-state index >= 15 is 0 Å². The van der Waals surface area contributed by atoms with Crippen molar-refractivity contribution in [3.05, 3.63) is 41.5 Å². The quantitative estimate of drug-likeness (QED) is 0.545. The van der Waals surface area contributed by atoms with E-state index in [1.54, 1.807) is 42.7 Å². The van der Waals surface area contributed by atoms with E-state index in [4.69, 9.17) is 28.4 Å². The van der Waals surface area contributed by atoms with E-state index in [0.29, 0.717) is 40.9 Å². The lowest BCUT2D eigenvalue weighted by atomic mass is 10.00. The van der Waals surface area contributed by atoms with Gasteiger partial charge in [-0.15, -0.1) is 0 Å². The van der Waals surface area contributed by atoms with Crippen molar-refractivity contribution < 1.29 is 33.2 Å². The van der Waals surface area contributed by atoms with Crippen LogP contribution in [-0.4, -0.2) is 59.3 Å². The van der Waals surface area contributed by atoms with Crippen molar-refractivity contribution in [2.75, 3.05) is 42.7 Å². The maximum absolute atomic E-state index is 12.4. The molecule has 1 aliphatic heterocycles. The molecule has 0 bridgehead atoms. The number of amides is 1. The minimum Gasteiger partial charge on any atom is -0.493 e. The van der Waals surface area contributed by atoms with Crippen LogP contribution in [0.25, 0.3) is 6.08 Å². The first-order valence-corrected chi connectivity index (χ1v) is 10.6. The van der Waals surface area contributed by atoms with Gasteiger partial charge in [-0.25, -0.2) is 5.01 Å². The fourth-order valence-corrected chi connectivity index (χ4v) is 3.87. The molecule has 1 amide bonds. The zero-order chi connectivity index (χ0) is 24.8. The topological polar surface area (TPSA) is 88.1 Å². The number of carbonyl (C=O) groups is 1. The van der Waals surface area contributed by atoms with Gasteiger partial charge in [0.05, 0.1) is 54.4 Å². The standard InChI is InChI=1S/C25H30N2O7/c1-15(28)27-19(17-12-22(31-4)25(34-7)23(13-17)32-5)14-18(26-27)9-8-16-10-20(29-2)24(33-6)21(11-16)30-3/h8-13,19H,14H2,1-7H3/b9-8+. The van der Waals surface area contributed by atoms with E-state index < -0.39 is 0 Å². The Hall–Kier alpha value is -3.88. The van der Waals surface area contributed by atoms with Gasteiger partial charge in [-0.05, 0) is 41.5 Å². The van der Waals surface area contributed by atoms with E-state index in [9.17, 15) is 4.79 Å². The first-order valence-electron chi connectivity index (χ1n) is 10.6. The molecule has 0 spiro atoms. The van der Waals surface area contributed by atoms with Crippen LogP contribution in [0, 0.1) is 0 Å². The molecule has 0 aliphatic carbocycles. The van der Waals surface area contributed by atoms with Crippen LogP contribution in [0.1, 0.15) is 30.5 Å². The largest absolute Gasteiger partial charge is 0.493 e. The molecule has 0 aromatic heterocycles. The Morgan fingerprint density at radius 3 is 1.68 bits per heavy atom. The van der Waals surface area contributed by atoms with Gasteiger partial charge in [0.2, 0.25) is 17.4 Å². The second-order valence-corrected chi connectivity index (χ2v) is 7.43. The number of hydrogen-bond donors (Lipinski definition) is 0. The van der Waals surface area contributed by atoms with Crippen molar-refractivity contribution in [3.8, 4) is 34.5 Å². The summed E-state index contributed by atoms with van der Waals surface area (Å²) < 4.78 is 32.6. The molecule has 1 aliphatic rings. The third-order valence-corrected chi connectivity index (χ3v) is 5.48. The third kappa shape index (κ3) is 4.88. The number of ether oxygens (including phenoxy) is 6. The molecule has 1 heterocycles. The lowest BCUT2D eigenvalue weighted by Crippen LogP contribution is -2.24. The number of benzene rings is 2. The van der Waals surface area contributed by atoms with Crippen LogP contribution in [0.4, 0.5) is 0 Å². The average Bonchev–Trinajstić information content (AvgIpc) is 3.30. The second kappa shape index (κ2) is 10.8. The number of hydrazone groups is 1. The number of methoxy groups -OCH3 is 6. The number of carbonyl (C=O) groups excluding carboxylic acids is 1. The number of allylic oxidation sites excluding steroid dienone is 1. The average molecular weight is 471 g/mol. The van der Waals surface area contributed by atoms with Gasteiger partial charge in [-0.1, -0.05) is 6.08 Å². The summed E-state index contributed by atoms with van der Waals surface area (Å²) in [7, 11) is 9.35. The van der Waals surface area contributed by atoms with Crippen LogP contribution in [-0.2, 0) is 4.79 Å². The zero-order valence-corrected chi connectivity index (χ0v) is 20.5. The minimum absolute atomic E-state index is 0.171. The summed E-state index contributed by atoms with van der Waals surface area (Å²) in [5.41, 5.74) is 2.40. The highest BCUT2D eigenvalue weighted by Crippen LogP contribution is 2.43. The molecule has 182 valence electrons. The Labute approximate surface area is 199 Å². The Bertz CT molecular complexity index is 1060. The van der Waals surface area contributed by atoms with Gasteiger partial charge in [0, 0.05) is 13.3 Å². The Kier molecular flexibility index (Phi) is 7.88. The molecule has 2 aromatic rings. The van der Waals surface area contributed by atoms with Crippen LogP contribution in [0.3, 0.4) is 0 Å². The molecule has 0 radical (unpaired) electrons. The van der Waals surface area contributed by atoms with Gasteiger partial charge in [0.1, 0.15) is 0 Å². The maximum atomic E-state index is 12.4. The molecular weight excluding hydrogens is 440 g/mol. The first-order chi connectivity index (χ1) is 16.4. The van der Waals surface area contributed by atoms with Crippen molar-refractivity contribution in [3.63, 3.8) is 0 Å². The molecule has 2 aromatic carbocycles. The number of hydrogen-bond acceptors (Lipinski definition) is 8. The van der Waals surface area contributed by atoms with Gasteiger partial charge < -0.3 is 28.4 Å². The predicted molar refractivity (Wildman–Crippen MR) is 129 cm³/mol. The fraction of sp³-hybridized carbons (Fsp3) is 0.360. The smallest absolute Gasteiger partial charge is 0.240 e. The van der Waals surface area contributed by atoms with Gasteiger partial charge >= 0.3 is 0 Å². The summed E-state index contributed by atoms with van der Waals surface area (Å²) >= 11 is 0. The lowest BCUT2D eigenvalue weighted by molar-refractivity contribution is -0.130. The lowest BCUT2D eigenvalue weighted by Gasteiger charge is -2.22. The summed E-state index contributed by atoms with van der Waals surface area (Å²) in [6.07, 6.45) is 4.27. The Balaban J connectivity index is 1.93. The second-order valence-electron chi connectivity index (χ2n) is 7.43. The third-order valence-electron chi connectivity index (χ3n) is 5.48. The molecule has 0 fully saturated rings. The molecular formula is C25H30N2O7. The van der Waals surface area contributed by atoms with E-state index in [-0.39, 0.29) is 11.9 Å². The Morgan fingerprint density at radius 1 is 0.794 bits per heavy atom. The van der Waals surface area contributed by atoms with Crippen LogP contribution in [0.2, 0.25) is 0 Å². The zero-order valence-electron chi connectivity index (χ0n) is 20.5. The van der Waals surface area contributed by atoms with Crippen LogP contribution in [0.5, 0.6) is 34.5 Å². The molecule has 9 nitrogen and oxygen atoms in total. The van der Waals surface area contributed by atoms with Crippen molar-refractivity contribution in [2.24, 2.45) is 5.10 Å². The number of rotatable bonds is 9. The minimum atomic E-state index is -0.314. The summed E-state index contributed by atoms with van der Waals surface area (Å²) in [6.45, 7) is 1.49. The highest BCUT2D eigenvalue weighted by molar-refractivity contribution is 6.01. The molecule has 0 N–H and O–H groups in total. The molecule has 9 heteroatoms. The van der Waals surface area contributed by atoms with Gasteiger partial charge in [0.15, 0.2) is 23.0 Å². The van der Waals surface area contributed by atoms with Crippen LogP contribution in [0.15, 0.2) is 35.4 Å². The molecule has 0 saturated carbocycles. The van der Waals surface area contributed by atoms with E-state index in [2.05, 4.69) is 5.10 Å². The van der Waals surface area contributed by atoms with Crippen molar-refractivity contribution >= 4 is 17.7 Å². The molecule has 34 heavy (non-hydrogen) atoms. The molecule has 1 unspecified atom stereocenters. The van der Waals surface area contributed by atoms with Crippen molar-refractivity contribution in [1.82, 2.24) is 5.01 Å². The van der Waals surface area contributed by atoms with Crippen molar-refractivity contribution in [2.45, 2.75) is 19.4 Å². The Morgan fingerprint density at radius 2 is 1.26 bits per heavy atom. The summed E-state index contributed by atoms with van der Waals surface area (Å²) in [4.78, 5) is 12.4. The van der Waals surface area contributed by atoms with Gasteiger partial charge in [-0.2, -0.15) is 5.10 Å². The molecule has 1 atom stereocenters. The first kappa shape index (κ1) is 24.8. The summed E-state index contributed by atoms with van der Waals surface area (Å²) in [6, 6.07) is 7.04. The summed E-state index contributed by atoms with van der Waals surface area (Å²) in [5.74, 6) is 2.97. The highest BCUT2D eigenvalue weighted by Gasteiger charge is 2.31. The normalized spacial score (nSPS) is 15.2. The highest BCUT2D eigenvalue weighted by atomic mass is 16.5. The van der Waals surface area contributed by atoms with Crippen LogP contribution >= 0.6 is 0 Å². The van der Waals surface area contributed by atoms with Crippen molar-refractivity contribution in [1.29, 1.82) is 0 Å².